The van der Waals surface area contributed by atoms with Gasteiger partial charge in [0.1, 0.15) is 18.1 Å². The maximum atomic E-state index is 12.3. The van der Waals surface area contributed by atoms with Crippen molar-refractivity contribution in [3.05, 3.63) is 54.5 Å². The standard InChI is InChI=1S/C26H26N8O3/c1-2-34-25-22(21(32-34)6-4-14-35)24(33-12-15-37-16-13-33)30-23(31-25)18-7-9-19(10-8-18)28-26(36)29-20-5-3-11-27-17-20/h3,5,7-11,17,35H,2,12-16H2,1H3,(H2,28,29,36). The first-order chi connectivity index (χ1) is 18.2. The summed E-state index contributed by atoms with van der Waals surface area (Å²) in [4.78, 5) is 28.2. The van der Waals surface area contributed by atoms with Gasteiger partial charge in [0.25, 0.3) is 0 Å². The zero-order valence-electron chi connectivity index (χ0n) is 20.3. The highest BCUT2D eigenvalue weighted by molar-refractivity contribution is 5.99. The molecule has 0 saturated carbocycles. The van der Waals surface area contributed by atoms with Crippen LogP contribution >= 0.6 is 0 Å². The van der Waals surface area contributed by atoms with E-state index in [1.807, 2.05) is 19.1 Å². The Labute approximate surface area is 213 Å². The van der Waals surface area contributed by atoms with Gasteiger partial charge in [0, 0.05) is 37.1 Å². The Hall–Kier alpha value is -4.53. The van der Waals surface area contributed by atoms with Gasteiger partial charge < -0.3 is 25.4 Å². The first-order valence-electron chi connectivity index (χ1n) is 12.0. The average Bonchev–Trinajstić information content (AvgIpc) is 3.30. The summed E-state index contributed by atoms with van der Waals surface area (Å²) in [5, 5.41) is 20.2. The summed E-state index contributed by atoms with van der Waals surface area (Å²) in [6, 6.07) is 10.5. The number of benzene rings is 1. The van der Waals surface area contributed by atoms with Crippen LogP contribution in [0.1, 0.15) is 12.6 Å². The van der Waals surface area contributed by atoms with Crippen molar-refractivity contribution in [2.24, 2.45) is 0 Å². The van der Waals surface area contributed by atoms with Crippen molar-refractivity contribution < 1.29 is 14.6 Å². The molecule has 37 heavy (non-hydrogen) atoms. The molecule has 0 radical (unpaired) electrons. The van der Waals surface area contributed by atoms with Crippen LogP contribution in [0.25, 0.3) is 22.4 Å². The van der Waals surface area contributed by atoms with E-state index >= 15 is 0 Å². The van der Waals surface area contributed by atoms with E-state index in [-0.39, 0.29) is 12.6 Å². The van der Waals surface area contributed by atoms with E-state index in [2.05, 4.69) is 37.5 Å². The third-order valence-electron chi connectivity index (χ3n) is 5.79. The number of carbonyl (C=O) groups excluding carboxylic acids is 1. The van der Waals surface area contributed by atoms with E-state index in [0.29, 0.717) is 61.4 Å². The molecular formula is C26H26N8O3. The minimum Gasteiger partial charge on any atom is -0.384 e. The summed E-state index contributed by atoms with van der Waals surface area (Å²) in [6.07, 6.45) is 3.21. The molecule has 3 aromatic heterocycles. The number of pyridine rings is 1. The Morgan fingerprint density at radius 2 is 1.89 bits per heavy atom. The van der Waals surface area contributed by atoms with Gasteiger partial charge in [-0.25, -0.2) is 19.4 Å². The third kappa shape index (κ3) is 5.35. The number of hydrogen-bond donors (Lipinski definition) is 3. The first-order valence-corrected chi connectivity index (χ1v) is 12.0. The number of urea groups is 1. The summed E-state index contributed by atoms with van der Waals surface area (Å²) >= 11 is 0. The van der Waals surface area contributed by atoms with Gasteiger partial charge in [0.05, 0.1) is 30.5 Å². The number of aliphatic hydroxyl groups excluding tert-OH is 1. The summed E-state index contributed by atoms with van der Waals surface area (Å²) < 4.78 is 7.34. The normalized spacial score (nSPS) is 13.2. The molecular weight excluding hydrogens is 472 g/mol. The largest absolute Gasteiger partial charge is 0.384 e. The lowest BCUT2D eigenvalue weighted by molar-refractivity contribution is 0.122. The molecule has 11 heteroatoms. The lowest BCUT2D eigenvalue weighted by Crippen LogP contribution is -2.37. The first kappa shape index (κ1) is 24.2. The number of carbonyl (C=O) groups is 1. The predicted molar refractivity (Wildman–Crippen MR) is 140 cm³/mol. The topological polar surface area (TPSA) is 130 Å². The molecule has 0 aliphatic carbocycles. The van der Waals surface area contributed by atoms with Crippen LogP contribution in [0.2, 0.25) is 0 Å². The van der Waals surface area contributed by atoms with Crippen molar-refractivity contribution in [3.63, 3.8) is 0 Å². The maximum absolute atomic E-state index is 12.3. The minimum atomic E-state index is -0.364. The second-order valence-corrected chi connectivity index (χ2v) is 8.19. The van der Waals surface area contributed by atoms with Crippen LogP contribution in [-0.2, 0) is 11.3 Å². The lowest BCUT2D eigenvalue weighted by Gasteiger charge is -2.28. The molecule has 4 aromatic rings. The number of anilines is 3. The molecule has 188 valence electrons. The average molecular weight is 499 g/mol. The second kappa shape index (κ2) is 11.0. The molecule has 0 spiro atoms. The van der Waals surface area contributed by atoms with Crippen molar-refractivity contribution in [3.8, 4) is 23.2 Å². The molecule has 3 N–H and O–H groups in total. The van der Waals surface area contributed by atoms with Crippen molar-refractivity contribution >= 4 is 34.3 Å². The number of rotatable bonds is 5. The molecule has 11 nitrogen and oxygen atoms in total. The van der Waals surface area contributed by atoms with Crippen molar-refractivity contribution in [1.29, 1.82) is 0 Å². The number of ether oxygens (including phenoxy) is 1. The Kier molecular flexibility index (Phi) is 7.21. The SMILES string of the molecule is CCn1nc(C#CCO)c2c(N3CCOCC3)nc(-c3ccc(NC(=O)Nc4cccnc4)cc3)nc21. The fourth-order valence-corrected chi connectivity index (χ4v) is 4.05. The van der Waals surface area contributed by atoms with Crippen LogP contribution in [0, 0.1) is 11.8 Å². The molecule has 0 bridgehead atoms. The smallest absolute Gasteiger partial charge is 0.323 e. The molecule has 1 aliphatic heterocycles. The van der Waals surface area contributed by atoms with Crippen LogP contribution in [0.15, 0.2) is 48.8 Å². The molecule has 4 heterocycles. The Morgan fingerprint density at radius 1 is 1.11 bits per heavy atom. The van der Waals surface area contributed by atoms with Crippen LogP contribution < -0.4 is 15.5 Å². The number of morpholine rings is 1. The quantitative estimate of drug-likeness (QED) is 0.358. The molecule has 1 aliphatic rings. The van der Waals surface area contributed by atoms with E-state index in [9.17, 15) is 9.90 Å². The molecule has 1 aromatic carbocycles. The summed E-state index contributed by atoms with van der Waals surface area (Å²) in [6.45, 7) is 4.90. The van der Waals surface area contributed by atoms with Gasteiger partial charge in [0.2, 0.25) is 0 Å². The van der Waals surface area contributed by atoms with Crippen LogP contribution in [0.3, 0.4) is 0 Å². The molecule has 0 atom stereocenters. The molecule has 1 fully saturated rings. The maximum Gasteiger partial charge on any atom is 0.323 e. The van der Waals surface area contributed by atoms with E-state index in [4.69, 9.17) is 14.7 Å². The highest BCUT2D eigenvalue weighted by Crippen LogP contribution is 2.31. The van der Waals surface area contributed by atoms with E-state index in [1.54, 1.807) is 41.3 Å². The molecule has 0 unspecified atom stereocenters. The van der Waals surface area contributed by atoms with Gasteiger partial charge in [-0.15, -0.1) is 0 Å². The number of aryl methyl sites for hydroxylation is 1. The van der Waals surface area contributed by atoms with E-state index in [1.165, 1.54) is 0 Å². The molecule has 1 saturated heterocycles. The minimum absolute atomic E-state index is 0.257. The van der Waals surface area contributed by atoms with Crippen LogP contribution in [0.4, 0.5) is 22.0 Å². The number of nitrogens with zero attached hydrogens (tertiary/aromatic N) is 6. The fraction of sp³-hybridized carbons (Fsp3) is 0.269. The van der Waals surface area contributed by atoms with Gasteiger partial charge in [-0.1, -0.05) is 5.92 Å². The second-order valence-electron chi connectivity index (χ2n) is 8.19. The number of amides is 2. The van der Waals surface area contributed by atoms with Gasteiger partial charge in [-0.3, -0.25) is 4.98 Å². The number of fused-ring (bicyclic) bond motifs is 1. The predicted octanol–water partition coefficient (Wildman–Crippen LogP) is 2.73. The Balaban J connectivity index is 1.48. The number of hydrogen-bond acceptors (Lipinski definition) is 8. The van der Waals surface area contributed by atoms with Crippen molar-refractivity contribution in [2.45, 2.75) is 13.5 Å². The monoisotopic (exact) mass is 498 g/mol. The van der Waals surface area contributed by atoms with Gasteiger partial charge >= 0.3 is 6.03 Å². The van der Waals surface area contributed by atoms with Crippen molar-refractivity contribution in [2.75, 3.05) is 48.4 Å². The zero-order chi connectivity index (χ0) is 25.6. The number of nitrogens with one attached hydrogen (secondary N) is 2. The lowest BCUT2D eigenvalue weighted by atomic mass is 10.1. The Bertz CT molecular complexity index is 1450. The molecule has 5 rings (SSSR count). The van der Waals surface area contributed by atoms with Crippen LogP contribution in [-0.4, -0.2) is 68.8 Å². The van der Waals surface area contributed by atoms with Gasteiger partial charge in [-0.2, -0.15) is 5.10 Å². The highest BCUT2D eigenvalue weighted by atomic mass is 16.5. The third-order valence-corrected chi connectivity index (χ3v) is 5.79. The van der Waals surface area contributed by atoms with Gasteiger partial charge in [-0.05, 0) is 49.2 Å². The molecule has 2 amide bonds. The van der Waals surface area contributed by atoms with Crippen LogP contribution in [0.5, 0.6) is 0 Å². The zero-order valence-corrected chi connectivity index (χ0v) is 20.3. The number of aliphatic hydroxyl groups is 1. The van der Waals surface area contributed by atoms with E-state index < -0.39 is 0 Å². The summed E-state index contributed by atoms with van der Waals surface area (Å²) in [5.74, 6) is 6.93. The van der Waals surface area contributed by atoms with Crippen molar-refractivity contribution in [1.82, 2.24) is 24.7 Å². The summed E-state index contributed by atoms with van der Waals surface area (Å²) in [7, 11) is 0. The summed E-state index contributed by atoms with van der Waals surface area (Å²) in [5.41, 5.74) is 3.23. The Morgan fingerprint density at radius 3 is 2.59 bits per heavy atom. The van der Waals surface area contributed by atoms with Gasteiger partial charge in [0.15, 0.2) is 11.5 Å². The highest BCUT2D eigenvalue weighted by Gasteiger charge is 2.23. The fourth-order valence-electron chi connectivity index (χ4n) is 4.05. The van der Waals surface area contributed by atoms with E-state index in [0.717, 1.165) is 16.8 Å². The number of aromatic nitrogens is 5.